The van der Waals surface area contributed by atoms with Crippen LogP contribution in [0, 0.1) is 5.82 Å². The first-order valence-electron chi connectivity index (χ1n) is 14.3. The highest BCUT2D eigenvalue weighted by Crippen LogP contribution is 2.30. The van der Waals surface area contributed by atoms with E-state index in [9.17, 15) is 14.4 Å². The van der Waals surface area contributed by atoms with Crippen LogP contribution >= 0.6 is 0 Å². The summed E-state index contributed by atoms with van der Waals surface area (Å²) in [5.74, 6) is 9.45. The molecule has 0 spiro atoms. The molecule has 0 radical (unpaired) electrons. The van der Waals surface area contributed by atoms with Crippen LogP contribution in [0.5, 0.6) is 0 Å². The van der Waals surface area contributed by atoms with Crippen LogP contribution in [0.25, 0.3) is 22.3 Å². The number of likely N-dealkylation sites (N-methyl/N-ethyl adjacent to an activating group) is 2. The minimum Gasteiger partial charge on any atom is -0.359 e. The average Bonchev–Trinajstić information content (AvgIpc) is 3.73. The molecule has 2 amide bonds. The van der Waals surface area contributed by atoms with Crippen LogP contribution in [0.15, 0.2) is 48.8 Å². The van der Waals surface area contributed by atoms with Gasteiger partial charge in [0.15, 0.2) is 12.1 Å². The Bertz CT molecular complexity index is 1670. The van der Waals surface area contributed by atoms with Gasteiger partial charge in [0.1, 0.15) is 17.1 Å². The number of Topliss-reactive ketones (excluding diaryl/α,β-unsaturated/α-hetero) is 1. The number of hydrogen-bond donors (Lipinski definition) is 5. The lowest BCUT2D eigenvalue weighted by Crippen LogP contribution is -2.65. The fourth-order valence-corrected chi connectivity index (χ4v) is 5.22. The number of carbonyl (C=O) groups is 3. The van der Waals surface area contributed by atoms with Gasteiger partial charge in [-0.05, 0) is 32.3 Å². The lowest BCUT2D eigenvalue weighted by Gasteiger charge is -2.42. The third-order valence-corrected chi connectivity index (χ3v) is 7.80. The number of anilines is 1. The molecule has 5 rings (SSSR count). The van der Waals surface area contributed by atoms with Crippen LogP contribution in [0.2, 0.25) is 0 Å². The van der Waals surface area contributed by atoms with Crippen molar-refractivity contribution in [2.24, 2.45) is 11.7 Å². The van der Waals surface area contributed by atoms with Crippen molar-refractivity contribution in [1.82, 2.24) is 45.2 Å². The number of piperazine rings is 1. The first-order chi connectivity index (χ1) is 21.6. The van der Waals surface area contributed by atoms with Crippen molar-refractivity contribution in [2.45, 2.75) is 6.29 Å². The number of benzene rings is 1. The van der Waals surface area contributed by atoms with Gasteiger partial charge in [-0.3, -0.25) is 35.2 Å². The van der Waals surface area contributed by atoms with Crippen molar-refractivity contribution >= 4 is 34.2 Å². The van der Waals surface area contributed by atoms with Gasteiger partial charge in [-0.2, -0.15) is 5.10 Å². The van der Waals surface area contributed by atoms with Gasteiger partial charge in [0.2, 0.25) is 0 Å². The van der Waals surface area contributed by atoms with Gasteiger partial charge in [-0.1, -0.05) is 18.2 Å². The number of carbonyl (C=O) groups excluding carboxylic acids is 3. The van der Waals surface area contributed by atoms with Crippen molar-refractivity contribution in [1.29, 1.82) is 0 Å². The van der Waals surface area contributed by atoms with Crippen LogP contribution in [0.3, 0.4) is 0 Å². The Morgan fingerprint density at radius 1 is 1.09 bits per heavy atom. The zero-order chi connectivity index (χ0) is 32.2. The number of hydrogen-bond acceptors (Lipinski definition) is 11. The zero-order valence-corrected chi connectivity index (χ0v) is 25.3. The van der Waals surface area contributed by atoms with Gasteiger partial charge in [0.05, 0.1) is 28.4 Å². The molecule has 1 aliphatic rings. The minimum atomic E-state index is -0.857. The molecule has 0 aliphatic carbocycles. The lowest BCUT2D eigenvalue weighted by atomic mass is 10.1. The van der Waals surface area contributed by atoms with E-state index < -0.39 is 23.8 Å². The standard InChI is InChI=1S/C29H37FN12O3/c1-38(2)9-10-39(3)27(44)22-15-21(36-37-22)24-25-23(20(30)17-34-24)19(16-33-25)26(43)28(45)40-11-13-41(14-12-40)29(35-31)42(32)18-7-5-4-6-8-18/h4-8,15-17,29,33,35H,9-14,31-32H2,1-3H3,(H,36,37). The summed E-state index contributed by atoms with van der Waals surface area (Å²) < 4.78 is 15.1. The Morgan fingerprint density at radius 2 is 1.80 bits per heavy atom. The first kappa shape index (κ1) is 31.7. The molecule has 1 unspecified atom stereocenters. The maximum Gasteiger partial charge on any atom is 0.295 e. The van der Waals surface area contributed by atoms with Gasteiger partial charge >= 0.3 is 0 Å². The number of amides is 2. The van der Waals surface area contributed by atoms with Crippen molar-refractivity contribution in [3.8, 4) is 11.4 Å². The molecule has 1 saturated heterocycles. The number of para-hydroxylation sites is 1. The fraction of sp³-hybridized carbons (Fsp3) is 0.345. The topological polar surface area (TPSA) is 189 Å². The first-order valence-corrected chi connectivity index (χ1v) is 14.3. The Balaban J connectivity index is 1.30. The summed E-state index contributed by atoms with van der Waals surface area (Å²) in [5.41, 5.74) is 4.25. The predicted molar refractivity (Wildman–Crippen MR) is 166 cm³/mol. The summed E-state index contributed by atoms with van der Waals surface area (Å²) in [7, 11) is 5.52. The Labute approximate surface area is 258 Å². The molecule has 15 nitrogen and oxygen atoms in total. The normalized spacial score (nSPS) is 14.6. The van der Waals surface area contributed by atoms with Crippen LogP contribution in [0.1, 0.15) is 20.8 Å². The number of nitrogens with two attached hydrogens (primary N) is 2. The molecule has 1 aliphatic heterocycles. The molecular weight excluding hydrogens is 583 g/mol. The van der Waals surface area contributed by atoms with E-state index in [1.54, 1.807) is 11.9 Å². The van der Waals surface area contributed by atoms with E-state index in [1.807, 2.05) is 54.2 Å². The number of ketones is 1. The Hall–Kier alpha value is -4.74. The summed E-state index contributed by atoms with van der Waals surface area (Å²) in [4.78, 5) is 53.5. The van der Waals surface area contributed by atoms with E-state index in [-0.39, 0.29) is 52.5 Å². The second-order valence-corrected chi connectivity index (χ2v) is 11.0. The number of fused-ring (bicyclic) bond motifs is 1. The third kappa shape index (κ3) is 6.54. The van der Waals surface area contributed by atoms with Gasteiger partial charge < -0.3 is 19.7 Å². The highest BCUT2D eigenvalue weighted by atomic mass is 19.1. The number of hydrazine groups is 2. The van der Waals surface area contributed by atoms with Crippen molar-refractivity contribution in [3.05, 3.63) is 65.9 Å². The maximum absolute atomic E-state index is 15.1. The van der Waals surface area contributed by atoms with Crippen molar-refractivity contribution in [3.63, 3.8) is 0 Å². The highest BCUT2D eigenvalue weighted by molar-refractivity contribution is 6.45. The van der Waals surface area contributed by atoms with Crippen LogP contribution < -0.4 is 22.1 Å². The number of aromatic nitrogens is 4. The summed E-state index contributed by atoms with van der Waals surface area (Å²) in [6, 6.07) is 10.8. The maximum atomic E-state index is 15.1. The van der Waals surface area contributed by atoms with E-state index in [4.69, 9.17) is 11.7 Å². The second kappa shape index (κ2) is 13.5. The summed E-state index contributed by atoms with van der Waals surface area (Å²) in [6.45, 7) is 2.42. The van der Waals surface area contributed by atoms with Gasteiger partial charge in [0.25, 0.3) is 17.6 Å². The number of nitrogens with zero attached hydrogens (tertiary/aromatic N) is 7. The molecule has 7 N–H and O–H groups in total. The van der Waals surface area contributed by atoms with Crippen LogP contribution in [0.4, 0.5) is 10.1 Å². The number of aromatic amines is 2. The largest absolute Gasteiger partial charge is 0.359 e. The quantitative estimate of drug-likeness (QED) is 0.0506. The molecule has 16 heteroatoms. The van der Waals surface area contributed by atoms with E-state index >= 15 is 4.39 Å². The van der Waals surface area contributed by atoms with E-state index in [0.717, 1.165) is 11.9 Å². The molecule has 4 aromatic rings. The molecule has 1 fully saturated rings. The van der Waals surface area contributed by atoms with Gasteiger partial charge in [-0.25, -0.2) is 20.6 Å². The predicted octanol–water partition coefficient (Wildman–Crippen LogP) is 0.180. The molecule has 0 bridgehead atoms. The molecule has 1 atom stereocenters. The summed E-state index contributed by atoms with van der Waals surface area (Å²) in [5, 5.41) is 8.34. The van der Waals surface area contributed by atoms with E-state index in [0.29, 0.717) is 26.2 Å². The molecular formula is C29H37FN12O3. The number of pyridine rings is 1. The number of rotatable bonds is 11. The van der Waals surface area contributed by atoms with Crippen LogP contribution in [-0.4, -0.2) is 124 Å². The van der Waals surface area contributed by atoms with Gasteiger partial charge in [0, 0.05) is 52.5 Å². The molecule has 0 saturated carbocycles. The summed E-state index contributed by atoms with van der Waals surface area (Å²) >= 11 is 0. The average molecular weight is 621 g/mol. The van der Waals surface area contributed by atoms with E-state index in [2.05, 4.69) is 25.6 Å². The van der Waals surface area contributed by atoms with Crippen molar-refractivity contribution in [2.75, 3.05) is 65.4 Å². The number of H-pyrrole nitrogens is 2. The van der Waals surface area contributed by atoms with Crippen LogP contribution in [-0.2, 0) is 4.79 Å². The monoisotopic (exact) mass is 620 g/mol. The lowest BCUT2D eigenvalue weighted by molar-refractivity contribution is -0.128. The molecule has 45 heavy (non-hydrogen) atoms. The molecule has 1 aromatic carbocycles. The highest BCUT2D eigenvalue weighted by Gasteiger charge is 2.33. The molecule has 3 aromatic heterocycles. The number of halogens is 1. The van der Waals surface area contributed by atoms with Crippen molar-refractivity contribution < 1.29 is 18.8 Å². The smallest absolute Gasteiger partial charge is 0.295 e. The van der Waals surface area contributed by atoms with Gasteiger partial charge in [-0.15, -0.1) is 0 Å². The Morgan fingerprint density at radius 3 is 2.47 bits per heavy atom. The fourth-order valence-electron chi connectivity index (χ4n) is 5.22. The zero-order valence-electron chi connectivity index (χ0n) is 25.3. The second-order valence-electron chi connectivity index (χ2n) is 11.0. The molecule has 238 valence electrons. The Kier molecular flexibility index (Phi) is 9.50. The number of nitrogens with one attached hydrogen (secondary N) is 3. The third-order valence-electron chi connectivity index (χ3n) is 7.80. The molecule has 4 heterocycles. The van der Waals surface area contributed by atoms with E-state index in [1.165, 1.54) is 22.2 Å². The minimum absolute atomic E-state index is 0.0787. The summed E-state index contributed by atoms with van der Waals surface area (Å²) in [6.07, 6.45) is 1.71. The SMILES string of the molecule is CN(C)CCN(C)C(=O)c1cc(-c2ncc(F)c3c(C(=O)C(=O)N4CCN(C(NN)N(N)c5ccccc5)CC4)c[nH]c23)n[nH]1.